The number of carbonyl (C=O) groups is 2. The summed E-state index contributed by atoms with van der Waals surface area (Å²) in [5, 5.41) is 0. The van der Waals surface area contributed by atoms with Gasteiger partial charge >= 0.3 is 5.97 Å². The Balaban J connectivity index is 3.14. The van der Waals surface area contributed by atoms with Gasteiger partial charge in [-0.3, -0.25) is 9.59 Å². The molecule has 0 bridgehead atoms. The monoisotopic (exact) mass is 194 g/mol. The van der Waals surface area contributed by atoms with E-state index < -0.39 is 5.97 Å². The van der Waals surface area contributed by atoms with Gasteiger partial charge in [-0.15, -0.1) is 0 Å². The number of ether oxygens (including phenoxy) is 2. The number of hydrogen-bond donors (Lipinski definition) is 0. The molecule has 0 saturated heterocycles. The summed E-state index contributed by atoms with van der Waals surface area (Å²) in [5.74, 6) is 0.0775. The van der Waals surface area contributed by atoms with Gasteiger partial charge in [-0.25, -0.2) is 0 Å². The predicted octanol–water partition coefficient (Wildman–Crippen LogP) is 1.43. The number of methoxy groups -OCH3 is 1. The van der Waals surface area contributed by atoms with E-state index in [-0.39, 0.29) is 11.5 Å². The van der Waals surface area contributed by atoms with Crippen LogP contribution in [0.5, 0.6) is 11.5 Å². The summed E-state index contributed by atoms with van der Waals surface area (Å²) in [6, 6.07) is 4.76. The maximum absolute atomic E-state index is 10.7. The highest BCUT2D eigenvalue weighted by molar-refractivity contribution is 5.82. The first-order chi connectivity index (χ1) is 6.69. The molecule has 1 aromatic carbocycles. The molecule has 0 aliphatic rings. The minimum Gasteiger partial charge on any atom is -0.492 e. The Morgan fingerprint density at radius 1 is 1.43 bits per heavy atom. The standard InChI is InChI=1S/C10H10O4/c1-7(12)14-9-5-3-4-8(6-11)10(9)13-2/h3-6H,1-2H3. The van der Waals surface area contributed by atoms with Gasteiger partial charge in [0.1, 0.15) is 0 Å². The zero-order chi connectivity index (χ0) is 10.6. The molecule has 0 aliphatic carbocycles. The van der Waals surface area contributed by atoms with Crippen molar-refractivity contribution in [2.75, 3.05) is 7.11 Å². The van der Waals surface area contributed by atoms with Crippen molar-refractivity contribution >= 4 is 12.3 Å². The van der Waals surface area contributed by atoms with Gasteiger partial charge in [0, 0.05) is 6.92 Å². The molecule has 4 nitrogen and oxygen atoms in total. The Labute approximate surface area is 81.4 Å². The van der Waals surface area contributed by atoms with E-state index in [2.05, 4.69) is 0 Å². The number of para-hydroxylation sites is 1. The van der Waals surface area contributed by atoms with Gasteiger partial charge in [-0.05, 0) is 12.1 Å². The second kappa shape index (κ2) is 4.41. The van der Waals surface area contributed by atoms with E-state index in [0.717, 1.165) is 0 Å². The molecular formula is C10H10O4. The van der Waals surface area contributed by atoms with Gasteiger partial charge < -0.3 is 9.47 Å². The van der Waals surface area contributed by atoms with Crippen molar-refractivity contribution in [1.82, 2.24) is 0 Å². The second-order valence-corrected chi connectivity index (χ2v) is 2.59. The highest BCUT2D eigenvalue weighted by Crippen LogP contribution is 2.29. The zero-order valence-corrected chi connectivity index (χ0v) is 7.94. The molecule has 74 valence electrons. The SMILES string of the molecule is COc1c(C=O)cccc1OC(C)=O. The van der Waals surface area contributed by atoms with E-state index >= 15 is 0 Å². The molecule has 4 heteroatoms. The largest absolute Gasteiger partial charge is 0.492 e. The lowest BCUT2D eigenvalue weighted by Crippen LogP contribution is -2.04. The van der Waals surface area contributed by atoms with Crippen LogP contribution in [0.1, 0.15) is 17.3 Å². The minimum atomic E-state index is -0.452. The van der Waals surface area contributed by atoms with Crippen LogP contribution in [-0.4, -0.2) is 19.4 Å². The second-order valence-electron chi connectivity index (χ2n) is 2.59. The van der Waals surface area contributed by atoms with Crippen LogP contribution in [0.3, 0.4) is 0 Å². The molecule has 1 rings (SSSR count). The van der Waals surface area contributed by atoms with E-state index in [0.29, 0.717) is 11.8 Å². The molecule has 0 N–H and O–H groups in total. The van der Waals surface area contributed by atoms with Crippen LogP contribution < -0.4 is 9.47 Å². The molecule has 0 aromatic heterocycles. The quantitative estimate of drug-likeness (QED) is 0.415. The van der Waals surface area contributed by atoms with Crippen molar-refractivity contribution in [2.24, 2.45) is 0 Å². The Morgan fingerprint density at radius 3 is 2.64 bits per heavy atom. The van der Waals surface area contributed by atoms with Gasteiger partial charge in [0.15, 0.2) is 17.8 Å². The number of benzene rings is 1. The van der Waals surface area contributed by atoms with Gasteiger partial charge in [0.25, 0.3) is 0 Å². The smallest absolute Gasteiger partial charge is 0.308 e. The summed E-state index contributed by atoms with van der Waals surface area (Å²) in [6.07, 6.45) is 0.645. The van der Waals surface area contributed by atoms with Crippen LogP contribution in [0.25, 0.3) is 0 Å². The first-order valence-electron chi connectivity index (χ1n) is 3.99. The number of carbonyl (C=O) groups excluding carboxylic acids is 2. The molecule has 0 saturated carbocycles. The third-order valence-electron chi connectivity index (χ3n) is 1.59. The van der Waals surface area contributed by atoms with Crippen LogP contribution in [0.2, 0.25) is 0 Å². The molecule has 0 heterocycles. The average Bonchev–Trinajstić information content (AvgIpc) is 2.16. The number of aldehydes is 1. The van der Waals surface area contributed by atoms with E-state index in [4.69, 9.17) is 9.47 Å². The molecule has 0 aliphatic heterocycles. The summed E-state index contributed by atoms with van der Waals surface area (Å²) in [6.45, 7) is 1.28. The number of hydrogen-bond acceptors (Lipinski definition) is 4. The number of rotatable bonds is 3. The lowest BCUT2D eigenvalue weighted by Gasteiger charge is -2.08. The van der Waals surface area contributed by atoms with E-state index in [1.165, 1.54) is 14.0 Å². The molecule has 0 atom stereocenters. The lowest BCUT2D eigenvalue weighted by atomic mass is 10.2. The average molecular weight is 194 g/mol. The van der Waals surface area contributed by atoms with Gasteiger partial charge in [0.05, 0.1) is 12.7 Å². The fraction of sp³-hybridized carbons (Fsp3) is 0.200. The summed E-state index contributed by atoms with van der Waals surface area (Å²) in [4.78, 5) is 21.3. The van der Waals surface area contributed by atoms with Crippen LogP contribution in [0, 0.1) is 0 Å². The Morgan fingerprint density at radius 2 is 2.14 bits per heavy atom. The first kappa shape index (κ1) is 10.2. The third-order valence-corrected chi connectivity index (χ3v) is 1.59. The predicted molar refractivity (Wildman–Crippen MR) is 49.7 cm³/mol. The third kappa shape index (κ3) is 2.10. The number of esters is 1. The van der Waals surface area contributed by atoms with Crippen molar-refractivity contribution < 1.29 is 19.1 Å². The Bertz CT molecular complexity index is 357. The normalized spacial score (nSPS) is 9.29. The highest BCUT2D eigenvalue weighted by atomic mass is 16.6. The van der Waals surface area contributed by atoms with E-state index in [1.54, 1.807) is 18.2 Å². The van der Waals surface area contributed by atoms with Gasteiger partial charge in [0.2, 0.25) is 0 Å². The maximum Gasteiger partial charge on any atom is 0.308 e. The zero-order valence-electron chi connectivity index (χ0n) is 7.94. The molecule has 1 aromatic rings. The van der Waals surface area contributed by atoms with Crippen LogP contribution in [0.15, 0.2) is 18.2 Å². The van der Waals surface area contributed by atoms with Crippen LogP contribution in [-0.2, 0) is 4.79 Å². The van der Waals surface area contributed by atoms with Crippen molar-refractivity contribution in [3.63, 3.8) is 0 Å². The van der Waals surface area contributed by atoms with Crippen molar-refractivity contribution in [1.29, 1.82) is 0 Å². The topological polar surface area (TPSA) is 52.6 Å². The molecule has 0 radical (unpaired) electrons. The lowest BCUT2D eigenvalue weighted by molar-refractivity contribution is -0.132. The van der Waals surface area contributed by atoms with Gasteiger partial charge in [-0.2, -0.15) is 0 Å². The maximum atomic E-state index is 10.7. The first-order valence-corrected chi connectivity index (χ1v) is 3.99. The molecule has 0 fully saturated rings. The Kier molecular flexibility index (Phi) is 3.23. The van der Waals surface area contributed by atoms with E-state index in [1.807, 2.05) is 0 Å². The molecule has 0 spiro atoms. The highest BCUT2D eigenvalue weighted by Gasteiger charge is 2.10. The summed E-state index contributed by atoms with van der Waals surface area (Å²) < 4.78 is 9.82. The van der Waals surface area contributed by atoms with Crippen LogP contribution >= 0.6 is 0 Å². The van der Waals surface area contributed by atoms with E-state index in [9.17, 15) is 9.59 Å². The molecule has 0 unspecified atom stereocenters. The minimum absolute atomic E-state index is 0.254. The Hall–Kier alpha value is -1.84. The summed E-state index contributed by atoms with van der Waals surface area (Å²) in [5.41, 5.74) is 0.353. The van der Waals surface area contributed by atoms with Gasteiger partial charge in [-0.1, -0.05) is 6.07 Å². The summed E-state index contributed by atoms with van der Waals surface area (Å²) >= 11 is 0. The molecular weight excluding hydrogens is 184 g/mol. The van der Waals surface area contributed by atoms with Crippen molar-refractivity contribution in [3.05, 3.63) is 23.8 Å². The fourth-order valence-electron chi connectivity index (χ4n) is 1.08. The van der Waals surface area contributed by atoms with Crippen molar-refractivity contribution in [2.45, 2.75) is 6.92 Å². The van der Waals surface area contributed by atoms with Crippen molar-refractivity contribution in [3.8, 4) is 11.5 Å². The molecule has 14 heavy (non-hydrogen) atoms. The van der Waals surface area contributed by atoms with Crippen LogP contribution in [0.4, 0.5) is 0 Å². The fourth-order valence-corrected chi connectivity index (χ4v) is 1.08. The summed E-state index contributed by atoms with van der Waals surface area (Å²) in [7, 11) is 1.41. The molecule has 0 amide bonds.